The minimum Gasteiger partial charge on any atom is -0.352 e. The van der Waals surface area contributed by atoms with Gasteiger partial charge in [0.25, 0.3) is 10.0 Å². The molecule has 3 aromatic carbocycles. The summed E-state index contributed by atoms with van der Waals surface area (Å²) in [5.74, 6) is -0.819. The normalized spacial score (nSPS) is 12.9. The third kappa shape index (κ3) is 8.06. The van der Waals surface area contributed by atoms with E-state index in [0.29, 0.717) is 10.7 Å². The van der Waals surface area contributed by atoms with Crippen molar-refractivity contribution in [3.8, 4) is 0 Å². The smallest absolute Gasteiger partial charge is 0.264 e. The van der Waals surface area contributed by atoms with E-state index in [9.17, 15) is 18.0 Å². The van der Waals surface area contributed by atoms with Gasteiger partial charge in [0.05, 0.1) is 10.6 Å². The molecule has 0 aliphatic heterocycles. The van der Waals surface area contributed by atoms with Crippen LogP contribution in [0.1, 0.15) is 38.3 Å². The van der Waals surface area contributed by atoms with Gasteiger partial charge in [-0.1, -0.05) is 64.3 Å². The fraction of sp³-hybridized carbons (Fsp3) is 0.310. The van der Waals surface area contributed by atoms with Crippen LogP contribution >= 0.6 is 27.5 Å². The number of halogens is 2. The highest BCUT2D eigenvalue weighted by Crippen LogP contribution is 2.26. The molecule has 1 N–H and O–H groups in total. The molecule has 0 saturated heterocycles. The SMILES string of the molecule is CC[C@H](C)NC(=O)[C@H](C)N(Cc1ccc(Br)cc1)C(=O)CN(c1ccc(C)cc1)S(=O)(=O)c1ccc(Cl)cc1. The Labute approximate surface area is 244 Å². The number of carbonyl (C=O) groups excluding carboxylic acids is 2. The van der Waals surface area contributed by atoms with Gasteiger partial charge in [0, 0.05) is 22.1 Å². The standard InChI is InChI=1S/C29H33BrClN3O4S/c1-5-21(3)32-29(36)22(4)33(18-23-8-10-24(30)11-9-23)28(35)19-34(26-14-6-20(2)7-15-26)39(37,38)27-16-12-25(31)13-17-27/h6-17,21-22H,5,18-19H2,1-4H3,(H,32,36)/t21-,22-/m0/s1. The third-order valence-electron chi connectivity index (χ3n) is 6.44. The van der Waals surface area contributed by atoms with E-state index in [4.69, 9.17) is 11.6 Å². The fourth-order valence-electron chi connectivity index (χ4n) is 3.81. The van der Waals surface area contributed by atoms with Gasteiger partial charge in [-0.05, 0) is 81.3 Å². The van der Waals surface area contributed by atoms with Gasteiger partial charge in [0.15, 0.2) is 0 Å². The van der Waals surface area contributed by atoms with Crippen LogP contribution in [0.15, 0.2) is 82.2 Å². The first-order chi connectivity index (χ1) is 18.4. The maximum Gasteiger partial charge on any atom is 0.264 e. The van der Waals surface area contributed by atoms with E-state index in [1.54, 1.807) is 31.2 Å². The Kier molecular flexibility index (Phi) is 10.6. The van der Waals surface area contributed by atoms with Crippen LogP contribution in [0.5, 0.6) is 0 Å². The first-order valence-corrected chi connectivity index (χ1v) is 15.2. The summed E-state index contributed by atoms with van der Waals surface area (Å²) >= 11 is 9.40. The number of sulfonamides is 1. The van der Waals surface area contributed by atoms with Crippen molar-refractivity contribution in [3.05, 3.63) is 93.4 Å². The molecule has 0 aliphatic carbocycles. The highest BCUT2D eigenvalue weighted by Gasteiger charge is 2.32. The van der Waals surface area contributed by atoms with E-state index in [2.05, 4.69) is 21.2 Å². The van der Waals surface area contributed by atoms with Gasteiger partial charge in [0.1, 0.15) is 12.6 Å². The second kappa shape index (κ2) is 13.5. The Bertz CT molecular complexity index is 1380. The zero-order valence-electron chi connectivity index (χ0n) is 22.4. The van der Waals surface area contributed by atoms with Gasteiger partial charge in [-0.25, -0.2) is 8.42 Å². The van der Waals surface area contributed by atoms with Crippen LogP contribution in [0.3, 0.4) is 0 Å². The molecule has 208 valence electrons. The van der Waals surface area contributed by atoms with Crippen LogP contribution in [0.2, 0.25) is 5.02 Å². The van der Waals surface area contributed by atoms with Crippen molar-refractivity contribution >= 4 is 55.1 Å². The number of anilines is 1. The van der Waals surface area contributed by atoms with Crippen molar-refractivity contribution in [2.24, 2.45) is 0 Å². The van der Waals surface area contributed by atoms with Gasteiger partial charge in [-0.3, -0.25) is 13.9 Å². The lowest BCUT2D eigenvalue weighted by molar-refractivity contribution is -0.139. The van der Waals surface area contributed by atoms with E-state index >= 15 is 0 Å². The maximum absolute atomic E-state index is 13.9. The van der Waals surface area contributed by atoms with E-state index in [0.717, 1.165) is 26.3 Å². The average molecular weight is 635 g/mol. The molecule has 2 amide bonds. The molecule has 0 radical (unpaired) electrons. The van der Waals surface area contributed by atoms with Crippen molar-refractivity contribution in [1.29, 1.82) is 0 Å². The number of amides is 2. The molecule has 7 nitrogen and oxygen atoms in total. The molecule has 0 spiro atoms. The summed E-state index contributed by atoms with van der Waals surface area (Å²) in [6.45, 7) is 7.03. The number of benzene rings is 3. The lowest BCUT2D eigenvalue weighted by Gasteiger charge is -2.32. The van der Waals surface area contributed by atoms with Gasteiger partial charge in [0.2, 0.25) is 11.8 Å². The highest BCUT2D eigenvalue weighted by atomic mass is 79.9. The predicted octanol–water partition coefficient (Wildman–Crippen LogP) is 5.94. The summed E-state index contributed by atoms with van der Waals surface area (Å²) in [5, 5.41) is 3.32. The number of carbonyl (C=O) groups is 2. The largest absolute Gasteiger partial charge is 0.352 e. The van der Waals surface area contributed by atoms with Crippen molar-refractivity contribution in [3.63, 3.8) is 0 Å². The topological polar surface area (TPSA) is 86.8 Å². The molecule has 0 fully saturated rings. The molecular weight excluding hydrogens is 602 g/mol. The zero-order chi connectivity index (χ0) is 28.7. The molecule has 10 heteroatoms. The minimum atomic E-state index is -4.14. The Morgan fingerprint density at radius 3 is 2.10 bits per heavy atom. The predicted molar refractivity (Wildman–Crippen MR) is 159 cm³/mol. The molecule has 3 rings (SSSR count). The molecule has 0 heterocycles. The number of nitrogens with zero attached hydrogens (tertiary/aromatic N) is 2. The summed E-state index contributed by atoms with van der Waals surface area (Å²) in [6.07, 6.45) is 0.736. The Morgan fingerprint density at radius 2 is 1.54 bits per heavy atom. The molecule has 0 saturated carbocycles. The minimum absolute atomic E-state index is 0.00213. The summed E-state index contributed by atoms with van der Waals surface area (Å²) in [7, 11) is -4.14. The number of hydrogen-bond donors (Lipinski definition) is 1. The average Bonchev–Trinajstić information content (AvgIpc) is 2.91. The molecule has 39 heavy (non-hydrogen) atoms. The quantitative estimate of drug-likeness (QED) is 0.283. The number of nitrogens with one attached hydrogen (secondary N) is 1. The Hall–Kier alpha value is -2.88. The van der Waals surface area contributed by atoms with Crippen molar-refractivity contribution in [1.82, 2.24) is 10.2 Å². The van der Waals surface area contributed by atoms with E-state index in [1.807, 2.05) is 45.0 Å². The zero-order valence-corrected chi connectivity index (χ0v) is 25.6. The maximum atomic E-state index is 13.9. The monoisotopic (exact) mass is 633 g/mol. The second-order valence-electron chi connectivity index (χ2n) is 9.44. The second-order valence-corrected chi connectivity index (χ2v) is 12.7. The molecule has 2 atom stereocenters. The van der Waals surface area contributed by atoms with Gasteiger partial charge in [-0.2, -0.15) is 0 Å². The van der Waals surface area contributed by atoms with E-state index < -0.39 is 28.5 Å². The number of aryl methyl sites for hydroxylation is 1. The van der Waals surface area contributed by atoms with E-state index in [1.165, 1.54) is 29.2 Å². The van der Waals surface area contributed by atoms with Crippen LogP contribution in [-0.2, 0) is 26.2 Å². The lowest BCUT2D eigenvalue weighted by atomic mass is 10.1. The van der Waals surface area contributed by atoms with Gasteiger partial charge in [-0.15, -0.1) is 0 Å². The molecule has 0 bridgehead atoms. The van der Waals surface area contributed by atoms with Gasteiger partial charge < -0.3 is 10.2 Å². The number of rotatable bonds is 11. The summed E-state index contributed by atoms with van der Waals surface area (Å²) in [5.41, 5.74) is 2.09. The van der Waals surface area contributed by atoms with Gasteiger partial charge >= 0.3 is 0 Å². The summed E-state index contributed by atoms with van der Waals surface area (Å²) in [4.78, 5) is 28.4. The van der Waals surface area contributed by atoms with Crippen molar-refractivity contribution < 1.29 is 18.0 Å². The Balaban J connectivity index is 2.01. The first-order valence-electron chi connectivity index (χ1n) is 12.6. The van der Waals surface area contributed by atoms with E-state index in [-0.39, 0.29) is 23.4 Å². The van der Waals surface area contributed by atoms with Crippen molar-refractivity contribution in [2.45, 2.75) is 57.6 Å². The highest BCUT2D eigenvalue weighted by molar-refractivity contribution is 9.10. The Morgan fingerprint density at radius 1 is 0.949 bits per heavy atom. The molecule has 0 unspecified atom stereocenters. The summed E-state index contributed by atoms with van der Waals surface area (Å²) < 4.78 is 29.6. The summed E-state index contributed by atoms with van der Waals surface area (Å²) in [6, 6.07) is 19.2. The fourth-order valence-corrected chi connectivity index (χ4v) is 5.61. The third-order valence-corrected chi connectivity index (χ3v) is 9.01. The molecule has 0 aromatic heterocycles. The lowest BCUT2D eigenvalue weighted by Crippen LogP contribution is -2.52. The van der Waals surface area contributed by atoms with Crippen LogP contribution in [-0.4, -0.2) is 43.8 Å². The first kappa shape index (κ1) is 30.7. The van der Waals surface area contributed by atoms with Crippen LogP contribution < -0.4 is 9.62 Å². The molecular formula is C29H33BrClN3O4S. The van der Waals surface area contributed by atoms with Crippen molar-refractivity contribution in [2.75, 3.05) is 10.8 Å². The molecule has 0 aliphatic rings. The van der Waals surface area contributed by atoms with Crippen LogP contribution in [0.4, 0.5) is 5.69 Å². The number of hydrogen-bond acceptors (Lipinski definition) is 4. The van der Waals surface area contributed by atoms with Crippen LogP contribution in [0.25, 0.3) is 0 Å². The van der Waals surface area contributed by atoms with Crippen LogP contribution in [0, 0.1) is 6.92 Å². The molecule has 3 aromatic rings.